The SMILES string of the molecule is Nc1noc2c1CCN(C(=O)C1CC1)C2. The van der Waals surface area contributed by atoms with Crippen molar-refractivity contribution in [2.24, 2.45) is 5.92 Å². The standard InChI is InChI=1S/C10H13N3O2/c11-9-7-3-4-13(5-8(7)15-12-9)10(14)6-1-2-6/h6H,1-5H2,(H2,11,12). The van der Waals surface area contributed by atoms with Gasteiger partial charge in [0.2, 0.25) is 5.91 Å². The van der Waals surface area contributed by atoms with Crippen LogP contribution in [0.15, 0.2) is 4.52 Å². The van der Waals surface area contributed by atoms with E-state index in [0.717, 1.165) is 37.1 Å². The van der Waals surface area contributed by atoms with Crippen molar-refractivity contribution in [2.75, 3.05) is 12.3 Å². The molecule has 80 valence electrons. The second kappa shape index (κ2) is 2.98. The number of anilines is 1. The quantitative estimate of drug-likeness (QED) is 0.730. The molecule has 0 bridgehead atoms. The minimum absolute atomic E-state index is 0.260. The van der Waals surface area contributed by atoms with Gasteiger partial charge in [-0.25, -0.2) is 0 Å². The molecule has 1 aliphatic heterocycles. The first-order valence-electron chi connectivity index (χ1n) is 5.27. The van der Waals surface area contributed by atoms with Crippen LogP contribution in [-0.2, 0) is 17.8 Å². The molecular weight excluding hydrogens is 194 g/mol. The molecule has 15 heavy (non-hydrogen) atoms. The predicted molar refractivity (Wildman–Crippen MR) is 52.8 cm³/mol. The Balaban J connectivity index is 1.79. The summed E-state index contributed by atoms with van der Waals surface area (Å²) >= 11 is 0. The molecule has 2 heterocycles. The average molecular weight is 207 g/mol. The molecule has 5 heteroatoms. The van der Waals surface area contributed by atoms with Crippen molar-refractivity contribution in [3.8, 4) is 0 Å². The van der Waals surface area contributed by atoms with Crippen LogP contribution >= 0.6 is 0 Å². The molecule has 0 atom stereocenters. The third-order valence-corrected chi connectivity index (χ3v) is 3.10. The Bertz CT molecular complexity index is 409. The summed E-state index contributed by atoms with van der Waals surface area (Å²) in [4.78, 5) is 13.7. The maximum absolute atomic E-state index is 11.8. The molecule has 1 saturated carbocycles. The van der Waals surface area contributed by atoms with Gasteiger partial charge in [0.15, 0.2) is 11.6 Å². The lowest BCUT2D eigenvalue weighted by atomic mass is 10.1. The fraction of sp³-hybridized carbons (Fsp3) is 0.600. The van der Waals surface area contributed by atoms with Crippen LogP contribution in [0.5, 0.6) is 0 Å². The van der Waals surface area contributed by atoms with Gasteiger partial charge in [-0.05, 0) is 19.3 Å². The molecule has 0 aromatic carbocycles. The summed E-state index contributed by atoms with van der Waals surface area (Å²) in [6.07, 6.45) is 2.85. The number of aromatic nitrogens is 1. The third kappa shape index (κ3) is 1.38. The highest BCUT2D eigenvalue weighted by Gasteiger charge is 2.35. The van der Waals surface area contributed by atoms with Gasteiger partial charge < -0.3 is 15.2 Å². The molecule has 0 spiro atoms. The van der Waals surface area contributed by atoms with Crippen LogP contribution in [0.4, 0.5) is 5.82 Å². The van der Waals surface area contributed by atoms with Crippen molar-refractivity contribution in [1.29, 1.82) is 0 Å². The smallest absolute Gasteiger partial charge is 0.226 e. The molecule has 3 rings (SSSR count). The molecule has 1 aliphatic carbocycles. The van der Waals surface area contributed by atoms with Gasteiger partial charge in [0.25, 0.3) is 0 Å². The van der Waals surface area contributed by atoms with Gasteiger partial charge in [-0.2, -0.15) is 0 Å². The van der Waals surface area contributed by atoms with E-state index in [-0.39, 0.29) is 11.8 Å². The molecule has 1 aromatic rings. The number of hydrogen-bond donors (Lipinski definition) is 1. The largest absolute Gasteiger partial charge is 0.381 e. The average Bonchev–Trinajstić information content (AvgIpc) is 3.03. The van der Waals surface area contributed by atoms with Crippen LogP contribution in [0.3, 0.4) is 0 Å². The number of carbonyl (C=O) groups is 1. The third-order valence-electron chi connectivity index (χ3n) is 3.10. The molecule has 1 amide bonds. The van der Waals surface area contributed by atoms with Gasteiger partial charge >= 0.3 is 0 Å². The van der Waals surface area contributed by atoms with Crippen molar-refractivity contribution in [3.63, 3.8) is 0 Å². The van der Waals surface area contributed by atoms with Gasteiger partial charge in [-0.3, -0.25) is 4.79 Å². The van der Waals surface area contributed by atoms with E-state index < -0.39 is 0 Å². The zero-order chi connectivity index (χ0) is 10.4. The van der Waals surface area contributed by atoms with E-state index in [9.17, 15) is 4.79 Å². The summed E-state index contributed by atoms with van der Waals surface area (Å²) in [7, 11) is 0. The molecule has 1 aromatic heterocycles. The number of fused-ring (bicyclic) bond motifs is 1. The zero-order valence-corrected chi connectivity index (χ0v) is 8.40. The first-order valence-corrected chi connectivity index (χ1v) is 5.27. The molecule has 1 fully saturated rings. The predicted octanol–water partition coefficient (Wildman–Crippen LogP) is 0.551. The Morgan fingerprint density at radius 3 is 3.07 bits per heavy atom. The number of nitrogens with zero attached hydrogens (tertiary/aromatic N) is 2. The summed E-state index contributed by atoms with van der Waals surface area (Å²) in [6, 6.07) is 0. The van der Waals surface area contributed by atoms with Gasteiger partial charge in [0.05, 0.1) is 6.54 Å². The van der Waals surface area contributed by atoms with Crippen LogP contribution in [0.25, 0.3) is 0 Å². The number of rotatable bonds is 1. The Morgan fingerprint density at radius 1 is 1.53 bits per heavy atom. The topological polar surface area (TPSA) is 72.4 Å². The Morgan fingerprint density at radius 2 is 2.33 bits per heavy atom. The first-order chi connectivity index (χ1) is 7.25. The lowest BCUT2D eigenvalue weighted by molar-refractivity contribution is -0.133. The summed E-state index contributed by atoms with van der Waals surface area (Å²) in [5.74, 6) is 1.76. The maximum atomic E-state index is 11.8. The van der Waals surface area contributed by atoms with Gasteiger partial charge in [0.1, 0.15) is 0 Å². The van der Waals surface area contributed by atoms with E-state index in [1.165, 1.54) is 0 Å². The normalized spacial score (nSPS) is 20.1. The van der Waals surface area contributed by atoms with Gasteiger partial charge in [-0.15, -0.1) is 0 Å². The van der Waals surface area contributed by atoms with E-state index in [2.05, 4.69) is 5.16 Å². The first kappa shape index (κ1) is 8.76. The fourth-order valence-corrected chi connectivity index (χ4v) is 2.02. The van der Waals surface area contributed by atoms with E-state index in [1.807, 2.05) is 4.90 Å². The monoisotopic (exact) mass is 207 g/mol. The van der Waals surface area contributed by atoms with E-state index in [0.29, 0.717) is 12.4 Å². The van der Waals surface area contributed by atoms with Crippen LogP contribution in [0.2, 0.25) is 0 Å². The highest BCUT2D eigenvalue weighted by Crippen LogP contribution is 2.33. The Hall–Kier alpha value is -1.52. The van der Waals surface area contributed by atoms with Crippen LogP contribution in [0.1, 0.15) is 24.2 Å². The van der Waals surface area contributed by atoms with Crippen LogP contribution < -0.4 is 5.73 Å². The molecule has 2 N–H and O–H groups in total. The van der Waals surface area contributed by atoms with Crippen LogP contribution in [0, 0.1) is 5.92 Å². The lowest BCUT2D eigenvalue weighted by Gasteiger charge is -2.25. The van der Waals surface area contributed by atoms with Gasteiger partial charge in [0, 0.05) is 18.0 Å². The summed E-state index contributed by atoms with van der Waals surface area (Å²) < 4.78 is 5.10. The maximum Gasteiger partial charge on any atom is 0.226 e. The molecular formula is C10H13N3O2. The minimum atomic E-state index is 0.260. The van der Waals surface area contributed by atoms with Crippen molar-refractivity contribution in [1.82, 2.24) is 10.1 Å². The molecule has 2 aliphatic rings. The summed E-state index contributed by atoms with van der Waals surface area (Å²) in [6.45, 7) is 1.28. The second-order valence-electron chi connectivity index (χ2n) is 4.25. The van der Waals surface area contributed by atoms with Crippen molar-refractivity contribution >= 4 is 11.7 Å². The number of nitrogen functional groups attached to an aromatic ring is 1. The number of nitrogens with two attached hydrogens (primary N) is 1. The number of carbonyl (C=O) groups excluding carboxylic acids is 1. The highest BCUT2D eigenvalue weighted by atomic mass is 16.5. The number of amides is 1. The van der Waals surface area contributed by atoms with Crippen molar-refractivity contribution in [3.05, 3.63) is 11.3 Å². The Labute approximate surface area is 87.2 Å². The van der Waals surface area contributed by atoms with Gasteiger partial charge in [-0.1, -0.05) is 5.16 Å². The number of hydrogen-bond acceptors (Lipinski definition) is 4. The van der Waals surface area contributed by atoms with E-state index in [1.54, 1.807) is 0 Å². The van der Waals surface area contributed by atoms with Crippen molar-refractivity contribution in [2.45, 2.75) is 25.8 Å². The highest BCUT2D eigenvalue weighted by molar-refractivity contribution is 5.81. The van der Waals surface area contributed by atoms with E-state index in [4.69, 9.17) is 10.3 Å². The van der Waals surface area contributed by atoms with Crippen LogP contribution in [-0.4, -0.2) is 22.5 Å². The molecule has 0 radical (unpaired) electrons. The summed E-state index contributed by atoms with van der Waals surface area (Å²) in [5, 5.41) is 3.72. The molecule has 0 saturated heterocycles. The Kier molecular flexibility index (Phi) is 1.74. The summed E-state index contributed by atoms with van der Waals surface area (Å²) in [5.41, 5.74) is 6.63. The minimum Gasteiger partial charge on any atom is -0.381 e. The molecule has 0 unspecified atom stereocenters. The second-order valence-corrected chi connectivity index (χ2v) is 4.25. The lowest BCUT2D eigenvalue weighted by Crippen LogP contribution is -2.36. The van der Waals surface area contributed by atoms with Crippen molar-refractivity contribution < 1.29 is 9.32 Å². The fourth-order valence-electron chi connectivity index (χ4n) is 2.02. The molecule has 5 nitrogen and oxygen atoms in total. The zero-order valence-electron chi connectivity index (χ0n) is 8.40. The van der Waals surface area contributed by atoms with E-state index >= 15 is 0 Å².